The molecule has 38 atom stereocenters. The number of aliphatic hydroxyl groups excluding tert-OH is 17. The molecule has 0 aromatic rings. The van der Waals surface area contributed by atoms with Gasteiger partial charge in [-0.1, -0.05) is 291 Å². The summed E-state index contributed by atoms with van der Waals surface area (Å²) in [6, 6.07) is -4.38. The minimum Gasteiger partial charge on any atom is -0.462 e. The summed E-state index contributed by atoms with van der Waals surface area (Å²) in [5.74, 6) is -6.72. The molecular formula is C106H161I3N4O36. The monoisotopic (exact) mass is 2450 g/mol. The third kappa shape index (κ3) is 48.7. The minimum absolute atomic E-state index is 0.0344. The first kappa shape index (κ1) is 133. The van der Waals surface area contributed by atoms with E-state index < -0.39 is 274 Å². The van der Waals surface area contributed by atoms with Gasteiger partial charge in [0.2, 0.25) is 5.91 Å². The van der Waals surface area contributed by atoms with Gasteiger partial charge in [0.25, 0.3) is 0 Å². The van der Waals surface area contributed by atoms with Crippen LogP contribution in [0.2, 0.25) is 0 Å². The summed E-state index contributed by atoms with van der Waals surface area (Å²) in [5, 5.41) is 197. The highest BCUT2D eigenvalue weighted by atomic mass is 127. The first-order valence-electron chi connectivity index (χ1n) is 50.2. The van der Waals surface area contributed by atoms with Crippen molar-refractivity contribution in [2.24, 2.45) is 23.7 Å². The van der Waals surface area contributed by atoms with Crippen molar-refractivity contribution in [1.82, 2.24) is 21.3 Å². The highest BCUT2D eigenvalue weighted by Crippen LogP contribution is 2.42. The Kier molecular flexibility index (Phi) is 62.3. The lowest BCUT2D eigenvalue weighted by Crippen LogP contribution is -2.64. The van der Waals surface area contributed by atoms with Crippen LogP contribution in [0, 0.1) is 23.7 Å². The zero-order valence-corrected chi connectivity index (χ0v) is 92.8. The highest BCUT2D eigenvalue weighted by molar-refractivity contribution is 14.3. The maximum Gasteiger partial charge on any atom is 0.407 e. The number of aliphatic hydroxyl groups is 17. The Morgan fingerprint density at radius 2 is 0.738 bits per heavy atom. The number of amides is 4. The van der Waals surface area contributed by atoms with Gasteiger partial charge in [-0.3, -0.25) is 14.4 Å². The van der Waals surface area contributed by atoms with Crippen LogP contribution in [0.25, 0.3) is 0 Å². The van der Waals surface area contributed by atoms with E-state index in [0.717, 1.165) is -0.0619 Å². The zero-order chi connectivity index (χ0) is 111. The van der Waals surface area contributed by atoms with Crippen molar-refractivity contribution in [1.29, 1.82) is 0 Å². The van der Waals surface area contributed by atoms with E-state index >= 15 is 0 Å². The van der Waals surface area contributed by atoms with Crippen LogP contribution in [0.1, 0.15) is 165 Å². The summed E-state index contributed by atoms with van der Waals surface area (Å²) in [4.78, 5) is 75.6. The summed E-state index contributed by atoms with van der Waals surface area (Å²) in [5.41, 5.74) is 0. The number of fused-ring (bicyclic) bond motifs is 6. The van der Waals surface area contributed by atoms with Crippen molar-refractivity contribution in [2.45, 2.75) is 372 Å². The summed E-state index contributed by atoms with van der Waals surface area (Å²) >= 11 is 6.95. The second-order valence-electron chi connectivity index (χ2n) is 38.2. The third-order valence-corrected chi connectivity index (χ3v) is 26.2. The molecule has 38 unspecified atom stereocenters. The Morgan fingerprint density at radius 1 is 0.396 bits per heavy atom. The number of cyclic esters (lactones) is 2. The fourth-order valence-electron chi connectivity index (χ4n) is 17.6. The summed E-state index contributed by atoms with van der Waals surface area (Å²) < 4.78 is 76.8. The molecule has 0 aromatic carbocycles. The molecule has 0 radical (unpaired) electrons. The molecule has 0 spiro atoms. The first-order valence-corrected chi connectivity index (χ1v) is 54.0. The molecule has 0 aliphatic carbocycles. The van der Waals surface area contributed by atoms with Crippen LogP contribution >= 0.6 is 67.8 Å². The van der Waals surface area contributed by atoms with Gasteiger partial charge in [0.1, 0.15) is 55.9 Å². The molecule has 40 nitrogen and oxygen atoms in total. The van der Waals surface area contributed by atoms with Crippen molar-refractivity contribution in [3.63, 3.8) is 0 Å². The van der Waals surface area contributed by atoms with Gasteiger partial charge in [-0.05, 0) is 66.2 Å². The van der Waals surface area contributed by atoms with Gasteiger partial charge in [-0.15, -0.1) is 0 Å². The van der Waals surface area contributed by atoms with E-state index in [1.807, 2.05) is 86.8 Å². The van der Waals surface area contributed by atoms with Crippen LogP contribution in [-0.4, -0.2) is 357 Å². The van der Waals surface area contributed by atoms with Crippen LogP contribution < -0.4 is 21.3 Å². The molecule has 0 saturated carbocycles. The molecule has 4 bridgehead atoms. The second kappa shape index (κ2) is 70.0. The third-order valence-electron chi connectivity index (χ3n) is 26.2. The van der Waals surface area contributed by atoms with Gasteiger partial charge in [0.15, 0.2) is 24.2 Å². The van der Waals surface area contributed by atoms with Crippen LogP contribution in [0.3, 0.4) is 0 Å². The molecule has 5 saturated heterocycles. The Labute approximate surface area is 914 Å². The summed E-state index contributed by atoms with van der Waals surface area (Å²) in [6.45, 7) is 21.6. The van der Waals surface area contributed by atoms with Crippen LogP contribution in [0.5, 0.6) is 0 Å². The number of esters is 2. The number of ether oxygens (including phenoxy) is 13. The van der Waals surface area contributed by atoms with E-state index in [0.29, 0.717) is 0 Å². The number of carbonyl (C=O) groups excluding carboxylic acids is 6. The maximum absolute atomic E-state index is 12.7. The molecule has 842 valence electrons. The second-order valence-corrected chi connectivity index (χ2v) is 49.1. The van der Waals surface area contributed by atoms with Crippen molar-refractivity contribution >= 4 is 104 Å². The Hall–Kier alpha value is -6.75. The summed E-state index contributed by atoms with van der Waals surface area (Å²) in [6.07, 6.45) is 12.9. The van der Waals surface area contributed by atoms with Crippen molar-refractivity contribution in [3.05, 3.63) is 195 Å². The number of methoxy groups -OCH3 is 2. The standard InChI is InChI=1S/C53H82N2O18.C52H78N2O18.CHI3/c1-8-25-69-52(67)55-47-49(65)35(5)71-51(50(47)66)72-40-22-20-18-16-14-12-10-9-11-13-15-17-19-21-32(2)48(64)33(3)34(4)70-45(63)28-38(58)26-37(57)23-24-41(60)42(61)27-39(59)30-53(68-7)31-43(62)46(54-36(6)56)44(29-40)73-53;1-7-24-67-50(64)54-45-47(62)34(5)69-49(48(45)63)70-38-21-19-17-15-13-11-9-8-10-12-14-16-18-20-31(2)46(61)32(3)33(4)68-43(60)27-36(56)25-35(55)22-23-39(58)40(59)26-37(57)29-52(66-6)30-42-44(41(28-38)72-52)53-51(65)71-42;2-1(3)4/h8-22,32-35,37-44,46-51,57-62,64-66H,1,23-31H2,2-7H3,(H,54,56)(H,55,67);7-21,31-42,44-49,55-59,61-63H,1,22-30H2,2-6H3,(H,53,65)(H,54,64);1H/b10-9+,13-11+,14-12+,17-15+,18-16+,21-19+,22-20+;9-8+,12-10+,13-11+,16-14+,17-15+,20-18+,21-19+;. The molecule has 4 amide bonds. The van der Waals surface area contributed by atoms with Crippen molar-refractivity contribution in [3.8, 4) is 0 Å². The lowest BCUT2D eigenvalue weighted by molar-refractivity contribution is -0.312. The van der Waals surface area contributed by atoms with Gasteiger partial charge in [0.05, 0.1) is 153 Å². The molecule has 5 fully saturated rings. The fourth-order valence-corrected chi connectivity index (χ4v) is 17.6. The van der Waals surface area contributed by atoms with Gasteiger partial charge in [-0.2, -0.15) is 0 Å². The van der Waals surface area contributed by atoms with E-state index in [4.69, 9.17) is 61.6 Å². The molecular weight excluding hydrogens is 2290 g/mol. The number of nitrogens with one attached hydrogen (secondary N) is 4. The minimum atomic E-state index is -1.73. The number of halogens is 3. The molecule has 7 aliphatic heterocycles. The normalized spacial score (nSPS) is 41.2. The summed E-state index contributed by atoms with van der Waals surface area (Å²) in [7, 11) is 2.64. The number of hydrogen-bond donors (Lipinski definition) is 21. The van der Waals surface area contributed by atoms with Crippen LogP contribution in [0.4, 0.5) is 14.4 Å². The van der Waals surface area contributed by atoms with Gasteiger partial charge in [-0.25, -0.2) is 14.4 Å². The lowest BCUT2D eigenvalue weighted by Gasteiger charge is -2.48. The topological polar surface area (TPSA) is 614 Å². The maximum atomic E-state index is 12.7. The number of hydrogen-bond acceptors (Lipinski definition) is 36. The molecule has 21 N–H and O–H groups in total. The molecule has 43 heteroatoms. The van der Waals surface area contributed by atoms with E-state index in [9.17, 15) is 116 Å². The predicted octanol–water partition coefficient (Wildman–Crippen LogP) is 7.43. The molecule has 7 heterocycles. The first-order chi connectivity index (χ1) is 70.6. The van der Waals surface area contributed by atoms with E-state index in [2.05, 4.69) is 102 Å². The van der Waals surface area contributed by atoms with Crippen LogP contribution in [-0.2, 0) is 76.0 Å². The van der Waals surface area contributed by atoms with Gasteiger partial charge < -0.3 is 170 Å². The lowest BCUT2D eigenvalue weighted by atomic mass is 9.86. The van der Waals surface area contributed by atoms with Crippen LogP contribution in [0.15, 0.2) is 195 Å². The average Bonchev–Trinajstić information content (AvgIpc) is 1.76. The van der Waals surface area contributed by atoms with E-state index in [1.165, 1.54) is 47.1 Å². The predicted molar refractivity (Wildman–Crippen MR) is 577 cm³/mol. The number of alkyl carbamates (subject to hydrolysis) is 3. The SMILES string of the molecule is C=CCOC(=O)NC1C(O)C(C)OC(OC2/C=C/C=C/C=C/C=C/C=C/C=C/C=C/C(C)C(O)C(C)C(C)OC(=O)CC(O)CC(O)CCC(O)C(O)CC(O)CC3(OC)CC(O)C(NC(C)=O)C(C2)O3)C1O.C=CCOC(=O)NC1C(O)C(C)OC(OC2/C=C/C=C/C=C/C=C/C=C/C=C/C=C/C(C)C(O)C(C)C(C)OC(=O)CC(O)CC(O)CCC(O)C(O)CC(O)CC3(OC)CC4OC(=O)NC4C(C2)O3)C1O.IC(I)I. The Balaban J connectivity index is 0.000000505. The number of rotatable bonds is 13. The zero-order valence-electron chi connectivity index (χ0n) is 86.3. The number of allylic oxidation sites excluding steroid dienone is 24. The van der Waals surface area contributed by atoms with Crippen molar-refractivity contribution < 1.29 is 177 Å². The largest absolute Gasteiger partial charge is 0.462 e. The van der Waals surface area contributed by atoms with Gasteiger partial charge >= 0.3 is 30.2 Å². The molecule has 149 heavy (non-hydrogen) atoms. The highest BCUT2D eigenvalue weighted by Gasteiger charge is 2.56. The average molecular weight is 2450 g/mol. The van der Waals surface area contributed by atoms with E-state index in [1.54, 1.807) is 125 Å². The number of alkyl halides is 3. The molecule has 0 aromatic heterocycles. The molecule has 7 aliphatic rings. The smallest absolute Gasteiger partial charge is 0.407 e. The Morgan fingerprint density at radius 3 is 1.09 bits per heavy atom. The fraction of sp³-hybridized carbons (Fsp3) is 0.642. The Bertz CT molecular complexity index is 4440. The quantitative estimate of drug-likeness (QED) is 0.0280. The van der Waals surface area contributed by atoms with Crippen molar-refractivity contribution in [2.75, 3.05) is 27.4 Å². The van der Waals surface area contributed by atoms with Gasteiger partial charge in [0, 0.05) is 96.2 Å². The molecule has 7 rings (SSSR count). The number of carbonyl (C=O) groups is 6. The van der Waals surface area contributed by atoms with E-state index in [-0.39, 0.29) is 109 Å².